The first-order valence-corrected chi connectivity index (χ1v) is 8.20. The summed E-state index contributed by atoms with van der Waals surface area (Å²) in [6.07, 6.45) is 2.93. The third kappa shape index (κ3) is 14.9. The van der Waals surface area contributed by atoms with Gasteiger partial charge in [0.25, 0.3) is 0 Å². The van der Waals surface area contributed by atoms with Crippen LogP contribution in [0.4, 0.5) is 9.59 Å². The fourth-order valence-electron chi connectivity index (χ4n) is 1.53. The van der Waals surface area contributed by atoms with Crippen molar-refractivity contribution in [1.29, 1.82) is 0 Å². The first-order valence-electron chi connectivity index (χ1n) is 8.20. The van der Waals surface area contributed by atoms with Gasteiger partial charge in [-0.15, -0.1) is 0 Å². The summed E-state index contributed by atoms with van der Waals surface area (Å²) in [5, 5.41) is 11.3. The number of hydrogen-bond acceptors (Lipinski definition) is 3. The van der Waals surface area contributed by atoms with Gasteiger partial charge < -0.3 is 20.1 Å². The van der Waals surface area contributed by atoms with Crippen LogP contribution in [0.3, 0.4) is 0 Å². The minimum absolute atomic E-state index is 0.0309. The Bertz CT molecular complexity index is 292. The van der Waals surface area contributed by atoms with Crippen LogP contribution in [0, 0.1) is 0 Å². The van der Waals surface area contributed by atoms with E-state index in [2.05, 4.69) is 19.2 Å². The van der Waals surface area contributed by atoms with E-state index in [1.807, 2.05) is 27.7 Å². The fourth-order valence-corrected chi connectivity index (χ4v) is 1.53. The molecule has 0 aromatic carbocycles. The van der Waals surface area contributed by atoms with E-state index in [-0.39, 0.29) is 18.2 Å². The quantitative estimate of drug-likeness (QED) is 0.660. The van der Waals surface area contributed by atoms with Crippen molar-refractivity contribution in [3.63, 3.8) is 0 Å². The first kappa shape index (κ1) is 22.8. The number of carboxylic acid groups (broad SMARTS) is 1. The molecule has 0 atom stereocenters. The molecule has 0 unspecified atom stereocenters. The highest BCUT2D eigenvalue weighted by Gasteiger charge is 2.13. The molecule has 0 bridgehead atoms. The van der Waals surface area contributed by atoms with E-state index < -0.39 is 6.09 Å². The zero-order valence-electron chi connectivity index (χ0n) is 15.0. The van der Waals surface area contributed by atoms with E-state index in [4.69, 9.17) is 9.84 Å². The van der Waals surface area contributed by atoms with E-state index in [1.54, 1.807) is 0 Å². The predicted molar refractivity (Wildman–Crippen MR) is 89.3 cm³/mol. The second kappa shape index (κ2) is 14.5. The second-order valence-electron chi connectivity index (χ2n) is 5.66. The van der Waals surface area contributed by atoms with E-state index in [1.165, 1.54) is 4.90 Å². The van der Waals surface area contributed by atoms with Gasteiger partial charge in [-0.05, 0) is 40.5 Å². The molecular formula is C16H34N2O4. The van der Waals surface area contributed by atoms with Crippen molar-refractivity contribution in [3.05, 3.63) is 0 Å². The molecular weight excluding hydrogens is 284 g/mol. The zero-order chi connectivity index (χ0) is 17.5. The van der Waals surface area contributed by atoms with Crippen molar-refractivity contribution in [3.8, 4) is 0 Å². The topological polar surface area (TPSA) is 78.9 Å². The summed E-state index contributed by atoms with van der Waals surface area (Å²) in [6, 6.07) is 0.0963. The number of carbonyl (C=O) groups excluding carboxylic acids is 1. The van der Waals surface area contributed by atoms with Gasteiger partial charge >= 0.3 is 12.2 Å². The van der Waals surface area contributed by atoms with Crippen LogP contribution >= 0.6 is 0 Å². The molecule has 0 aromatic rings. The van der Waals surface area contributed by atoms with Crippen LogP contribution in [-0.2, 0) is 4.74 Å². The van der Waals surface area contributed by atoms with Gasteiger partial charge in [0.05, 0.1) is 6.10 Å². The molecule has 0 aliphatic heterocycles. The Morgan fingerprint density at radius 2 is 1.64 bits per heavy atom. The third-order valence-electron chi connectivity index (χ3n) is 2.76. The highest BCUT2D eigenvalue weighted by Crippen LogP contribution is 2.01. The molecule has 0 heterocycles. The number of amides is 2. The highest BCUT2D eigenvalue weighted by atomic mass is 16.6. The van der Waals surface area contributed by atoms with Crippen LogP contribution < -0.4 is 5.32 Å². The standard InChI is InChI=1S/2C8H17NO2/c1-4-5-6-9-8(10)11-7(2)3;1-4-5-6-9(7(2)3)8(10)11/h7H,4-6H2,1-3H3,(H,9,10);7H,4-6H2,1-3H3,(H,10,11). The lowest BCUT2D eigenvalue weighted by Crippen LogP contribution is -2.36. The van der Waals surface area contributed by atoms with Crippen LogP contribution in [-0.4, -0.2) is 47.4 Å². The maximum Gasteiger partial charge on any atom is 0.407 e. The van der Waals surface area contributed by atoms with Crippen LogP contribution in [0.2, 0.25) is 0 Å². The maximum absolute atomic E-state index is 10.8. The highest BCUT2D eigenvalue weighted by molar-refractivity contribution is 5.67. The summed E-state index contributed by atoms with van der Waals surface area (Å²) in [5.74, 6) is 0. The number of rotatable bonds is 8. The minimum atomic E-state index is -0.812. The Hall–Kier alpha value is -1.46. The number of carbonyl (C=O) groups is 2. The Morgan fingerprint density at radius 1 is 1.09 bits per heavy atom. The molecule has 2 N–H and O–H groups in total. The molecule has 6 heteroatoms. The summed E-state index contributed by atoms with van der Waals surface area (Å²) >= 11 is 0. The Balaban J connectivity index is 0. The zero-order valence-corrected chi connectivity index (χ0v) is 15.0. The Morgan fingerprint density at radius 3 is 2.00 bits per heavy atom. The lowest BCUT2D eigenvalue weighted by Gasteiger charge is -2.22. The van der Waals surface area contributed by atoms with E-state index >= 15 is 0 Å². The SMILES string of the molecule is CCCCN(C(=O)O)C(C)C.CCCCNC(=O)OC(C)C. The summed E-state index contributed by atoms with van der Waals surface area (Å²) in [4.78, 5) is 22.8. The largest absolute Gasteiger partial charge is 0.465 e. The van der Waals surface area contributed by atoms with Crippen molar-refractivity contribution in [2.75, 3.05) is 13.1 Å². The third-order valence-corrected chi connectivity index (χ3v) is 2.76. The van der Waals surface area contributed by atoms with Gasteiger partial charge in [0.15, 0.2) is 0 Å². The van der Waals surface area contributed by atoms with Crippen molar-refractivity contribution < 1.29 is 19.4 Å². The van der Waals surface area contributed by atoms with Crippen molar-refractivity contribution in [1.82, 2.24) is 10.2 Å². The summed E-state index contributed by atoms with van der Waals surface area (Å²) in [7, 11) is 0. The van der Waals surface area contributed by atoms with Gasteiger partial charge in [-0.3, -0.25) is 0 Å². The number of unbranched alkanes of at least 4 members (excludes halogenated alkanes) is 2. The number of ether oxygens (including phenoxy) is 1. The minimum Gasteiger partial charge on any atom is -0.465 e. The molecule has 0 aliphatic carbocycles. The summed E-state index contributed by atoms with van der Waals surface area (Å²) in [5.41, 5.74) is 0. The van der Waals surface area contributed by atoms with Crippen LogP contribution in [0.15, 0.2) is 0 Å². The summed E-state index contributed by atoms with van der Waals surface area (Å²) < 4.78 is 4.85. The van der Waals surface area contributed by atoms with Gasteiger partial charge in [-0.25, -0.2) is 9.59 Å². The van der Waals surface area contributed by atoms with Crippen LogP contribution in [0.1, 0.15) is 67.2 Å². The van der Waals surface area contributed by atoms with E-state index in [9.17, 15) is 9.59 Å². The Kier molecular flexibility index (Phi) is 15.0. The molecule has 0 spiro atoms. The number of nitrogens with zero attached hydrogens (tertiary/aromatic N) is 1. The molecule has 6 nitrogen and oxygen atoms in total. The predicted octanol–water partition coefficient (Wildman–Crippen LogP) is 4.10. The molecule has 0 saturated heterocycles. The van der Waals surface area contributed by atoms with Crippen LogP contribution in [0.5, 0.6) is 0 Å². The average Bonchev–Trinajstić information content (AvgIpc) is 2.38. The van der Waals surface area contributed by atoms with Crippen molar-refractivity contribution in [2.45, 2.75) is 79.4 Å². The fraction of sp³-hybridized carbons (Fsp3) is 0.875. The molecule has 0 fully saturated rings. The number of alkyl carbamates (subject to hydrolysis) is 1. The lowest BCUT2D eigenvalue weighted by atomic mass is 10.3. The molecule has 22 heavy (non-hydrogen) atoms. The second-order valence-corrected chi connectivity index (χ2v) is 5.66. The molecule has 2 amide bonds. The van der Waals surface area contributed by atoms with Gasteiger partial charge in [0.1, 0.15) is 0 Å². The summed E-state index contributed by atoms with van der Waals surface area (Å²) in [6.45, 7) is 13.0. The van der Waals surface area contributed by atoms with Gasteiger partial charge in [0.2, 0.25) is 0 Å². The van der Waals surface area contributed by atoms with Gasteiger partial charge in [0, 0.05) is 19.1 Å². The average molecular weight is 318 g/mol. The van der Waals surface area contributed by atoms with Crippen molar-refractivity contribution >= 4 is 12.2 Å². The molecule has 132 valence electrons. The lowest BCUT2D eigenvalue weighted by molar-refractivity contribution is 0.115. The molecule has 0 saturated carbocycles. The van der Waals surface area contributed by atoms with Gasteiger partial charge in [-0.1, -0.05) is 26.7 Å². The monoisotopic (exact) mass is 318 g/mol. The molecule has 0 radical (unpaired) electrons. The van der Waals surface area contributed by atoms with E-state index in [0.29, 0.717) is 13.1 Å². The Labute approximate surface area is 135 Å². The molecule has 0 aromatic heterocycles. The van der Waals surface area contributed by atoms with Crippen molar-refractivity contribution in [2.24, 2.45) is 0 Å². The van der Waals surface area contributed by atoms with Crippen LogP contribution in [0.25, 0.3) is 0 Å². The van der Waals surface area contributed by atoms with E-state index in [0.717, 1.165) is 25.7 Å². The number of hydrogen-bond donors (Lipinski definition) is 2. The van der Waals surface area contributed by atoms with Gasteiger partial charge in [-0.2, -0.15) is 0 Å². The smallest absolute Gasteiger partial charge is 0.407 e. The number of nitrogens with one attached hydrogen (secondary N) is 1. The molecule has 0 rings (SSSR count). The normalized spacial score (nSPS) is 10.0. The molecule has 0 aliphatic rings. The first-order chi connectivity index (χ1) is 10.3. The maximum atomic E-state index is 10.8.